The molecule has 1 nitrogen and oxygen atoms in total. The SMILES string of the molecule is Cc1csc(-c2sc(C(F)(F)F)nc2-c2ccc(F)cc2)c1. The van der Waals surface area contributed by atoms with Crippen LogP contribution in [-0.4, -0.2) is 4.98 Å². The smallest absolute Gasteiger partial charge is 0.231 e. The Bertz CT molecular complexity index is 800. The van der Waals surface area contributed by atoms with E-state index in [0.29, 0.717) is 21.8 Å². The number of nitrogens with zero attached hydrogens (tertiary/aromatic N) is 1. The minimum Gasteiger partial charge on any atom is -0.231 e. The third-order valence-corrected chi connectivity index (χ3v) is 5.27. The zero-order valence-electron chi connectivity index (χ0n) is 11.2. The lowest BCUT2D eigenvalue weighted by Gasteiger charge is -2.01. The van der Waals surface area contributed by atoms with E-state index in [-0.39, 0.29) is 5.69 Å². The molecular weight excluding hydrogens is 334 g/mol. The maximum atomic E-state index is 13.0. The largest absolute Gasteiger partial charge is 0.443 e. The summed E-state index contributed by atoms with van der Waals surface area (Å²) in [5.41, 5.74) is 1.68. The second kappa shape index (κ2) is 5.48. The standard InChI is InChI=1S/C15H9F4NS2/c1-8-6-11(21-7-8)13-12(9-2-4-10(16)5-3-9)20-14(22-13)15(17,18)19/h2-7H,1H3. The van der Waals surface area contributed by atoms with Gasteiger partial charge in [0.1, 0.15) is 5.82 Å². The molecule has 0 unspecified atom stereocenters. The van der Waals surface area contributed by atoms with Gasteiger partial charge in [0.05, 0.1) is 10.6 Å². The summed E-state index contributed by atoms with van der Waals surface area (Å²) in [5, 5.41) is 0.976. The zero-order valence-corrected chi connectivity index (χ0v) is 12.9. The summed E-state index contributed by atoms with van der Waals surface area (Å²) >= 11 is 1.98. The minimum atomic E-state index is -4.50. The van der Waals surface area contributed by atoms with Gasteiger partial charge in [-0.3, -0.25) is 0 Å². The number of thiazole rings is 1. The molecular formula is C15H9F4NS2. The third kappa shape index (κ3) is 2.91. The van der Waals surface area contributed by atoms with E-state index in [1.165, 1.54) is 35.6 Å². The first-order valence-corrected chi connectivity index (χ1v) is 7.93. The number of thiophene rings is 1. The number of halogens is 4. The third-order valence-electron chi connectivity index (χ3n) is 2.94. The van der Waals surface area contributed by atoms with Crippen molar-refractivity contribution in [2.75, 3.05) is 0 Å². The van der Waals surface area contributed by atoms with E-state index < -0.39 is 17.0 Å². The van der Waals surface area contributed by atoms with Crippen molar-refractivity contribution in [2.24, 2.45) is 0 Å². The predicted molar refractivity (Wildman–Crippen MR) is 80.6 cm³/mol. The molecule has 2 heterocycles. The summed E-state index contributed by atoms with van der Waals surface area (Å²) in [5.74, 6) is -0.441. The highest BCUT2D eigenvalue weighted by molar-refractivity contribution is 7.21. The van der Waals surface area contributed by atoms with Gasteiger partial charge in [-0.25, -0.2) is 9.37 Å². The monoisotopic (exact) mass is 343 g/mol. The van der Waals surface area contributed by atoms with E-state index in [1.54, 1.807) is 0 Å². The lowest BCUT2D eigenvalue weighted by molar-refractivity contribution is -0.137. The molecule has 0 aliphatic carbocycles. The molecule has 114 valence electrons. The Morgan fingerprint density at radius 3 is 2.32 bits per heavy atom. The van der Waals surface area contributed by atoms with E-state index in [0.717, 1.165) is 10.4 Å². The number of aryl methyl sites for hydroxylation is 1. The van der Waals surface area contributed by atoms with E-state index in [2.05, 4.69) is 4.98 Å². The summed E-state index contributed by atoms with van der Waals surface area (Å²) in [6, 6.07) is 7.13. The van der Waals surface area contributed by atoms with Gasteiger partial charge in [0, 0.05) is 10.4 Å². The summed E-state index contributed by atoms with van der Waals surface area (Å²) < 4.78 is 51.9. The van der Waals surface area contributed by atoms with Gasteiger partial charge in [-0.15, -0.1) is 22.7 Å². The number of hydrogen-bond acceptors (Lipinski definition) is 3. The van der Waals surface area contributed by atoms with Crippen molar-refractivity contribution in [2.45, 2.75) is 13.1 Å². The highest BCUT2D eigenvalue weighted by atomic mass is 32.1. The normalized spacial score (nSPS) is 11.9. The number of rotatable bonds is 2. The Morgan fingerprint density at radius 1 is 1.09 bits per heavy atom. The molecule has 22 heavy (non-hydrogen) atoms. The van der Waals surface area contributed by atoms with Gasteiger partial charge < -0.3 is 0 Å². The predicted octanol–water partition coefficient (Wildman–Crippen LogP) is 6.00. The van der Waals surface area contributed by atoms with Gasteiger partial charge >= 0.3 is 6.18 Å². The number of benzene rings is 1. The molecule has 0 amide bonds. The molecule has 0 saturated heterocycles. The van der Waals surface area contributed by atoms with Crippen LogP contribution in [-0.2, 0) is 6.18 Å². The first kappa shape index (κ1) is 15.2. The van der Waals surface area contributed by atoms with E-state index in [9.17, 15) is 17.6 Å². The van der Waals surface area contributed by atoms with E-state index >= 15 is 0 Å². The van der Waals surface area contributed by atoms with Crippen LogP contribution in [0, 0.1) is 12.7 Å². The van der Waals surface area contributed by atoms with Crippen LogP contribution in [0.5, 0.6) is 0 Å². The van der Waals surface area contributed by atoms with Gasteiger partial charge in [0.15, 0.2) is 5.01 Å². The molecule has 0 radical (unpaired) electrons. The van der Waals surface area contributed by atoms with Crippen molar-refractivity contribution in [3.8, 4) is 21.0 Å². The minimum absolute atomic E-state index is 0.235. The van der Waals surface area contributed by atoms with Crippen molar-refractivity contribution in [1.29, 1.82) is 0 Å². The van der Waals surface area contributed by atoms with Crippen LogP contribution in [0.2, 0.25) is 0 Å². The Balaban J connectivity index is 2.18. The molecule has 0 atom stereocenters. The number of alkyl halides is 3. The lowest BCUT2D eigenvalue weighted by atomic mass is 10.1. The molecule has 0 aliphatic heterocycles. The van der Waals surface area contributed by atoms with Crippen molar-refractivity contribution >= 4 is 22.7 Å². The molecule has 1 aromatic carbocycles. The molecule has 0 N–H and O–H groups in total. The maximum absolute atomic E-state index is 13.0. The van der Waals surface area contributed by atoms with Crippen molar-refractivity contribution in [3.05, 3.63) is 52.1 Å². The molecule has 0 saturated carbocycles. The summed E-state index contributed by atoms with van der Waals surface area (Å²) in [6.07, 6.45) is -4.50. The fourth-order valence-corrected chi connectivity index (χ4v) is 3.94. The first-order valence-electron chi connectivity index (χ1n) is 6.24. The zero-order chi connectivity index (χ0) is 15.9. The molecule has 0 fully saturated rings. The van der Waals surface area contributed by atoms with Gasteiger partial charge in [-0.05, 0) is 48.2 Å². The Morgan fingerprint density at radius 2 is 1.77 bits per heavy atom. The summed E-state index contributed by atoms with van der Waals surface area (Å²) in [7, 11) is 0. The van der Waals surface area contributed by atoms with Crippen LogP contribution in [0.3, 0.4) is 0 Å². The quantitative estimate of drug-likeness (QED) is 0.520. The molecule has 0 bridgehead atoms. The van der Waals surface area contributed by atoms with Gasteiger partial charge in [0.25, 0.3) is 0 Å². The van der Waals surface area contributed by atoms with Crippen LogP contribution in [0.4, 0.5) is 17.6 Å². The second-order valence-corrected chi connectivity index (χ2v) is 6.60. The number of aromatic nitrogens is 1. The summed E-state index contributed by atoms with van der Waals surface area (Å²) in [6.45, 7) is 1.88. The first-order chi connectivity index (χ1) is 10.3. The van der Waals surface area contributed by atoms with Crippen LogP contribution in [0.15, 0.2) is 35.7 Å². The van der Waals surface area contributed by atoms with Crippen LogP contribution in [0.1, 0.15) is 10.6 Å². The molecule has 2 aromatic heterocycles. The summed E-state index contributed by atoms with van der Waals surface area (Å²) in [4.78, 5) is 4.93. The average molecular weight is 343 g/mol. The van der Waals surface area contributed by atoms with Gasteiger partial charge in [-0.1, -0.05) is 0 Å². The molecule has 0 spiro atoms. The second-order valence-electron chi connectivity index (χ2n) is 4.69. The van der Waals surface area contributed by atoms with Crippen LogP contribution < -0.4 is 0 Å². The fourth-order valence-electron chi connectivity index (χ4n) is 1.96. The lowest BCUT2D eigenvalue weighted by Crippen LogP contribution is -2.03. The topological polar surface area (TPSA) is 12.9 Å². The van der Waals surface area contributed by atoms with Crippen molar-refractivity contribution < 1.29 is 17.6 Å². The average Bonchev–Trinajstić information content (AvgIpc) is 3.05. The molecule has 7 heteroatoms. The Hall–Kier alpha value is -1.73. The Labute approximate surface area is 131 Å². The van der Waals surface area contributed by atoms with Crippen molar-refractivity contribution in [1.82, 2.24) is 4.98 Å². The van der Waals surface area contributed by atoms with Crippen LogP contribution >= 0.6 is 22.7 Å². The molecule has 0 aliphatic rings. The molecule has 3 aromatic rings. The van der Waals surface area contributed by atoms with Gasteiger partial charge in [-0.2, -0.15) is 13.2 Å². The number of hydrogen-bond donors (Lipinski definition) is 0. The maximum Gasteiger partial charge on any atom is 0.443 e. The Kier molecular flexibility index (Phi) is 3.78. The fraction of sp³-hybridized carbons (Fsp3) is 0.133. The highest BCUT2D eigenvalue weighted by Gasteiger charge is 2.36. The molecule has 3 rings (SSSR count). The van der Waals surface area contributed by atoms with Crippen molar-refractivity contribution in [3.63, 3.8) is 0 Å². The van der Waals surface area contributed by atoms with Crippen LogP contribution in [0.25, 0.3) is 21.0 Å². The highest BCUT2D eigenvalue weighted by Crippen LogP contribution is 2.44. The van der Waals surface area contributed by atoms with Gasteiger partial charge in [0.2, 0.25) is 0 Å². The van der Waals surface area contributed by atoms with E-state index in [1.807, 2.05) is 18.4 Å². The van der Waals surface area contributed by atoms with E-state index in [4.69, 9.17) is 0 Å².